The van der Waals surface area contributed by atoms with Gasteiger partial charge in [-0.05, 0) is 56.2 Å². The maximum Gasteiger partial charge on any atom is 0.264 e. The van der Waals surface area contributed by atoms with Crippen molar-refractivity contribution in [3.8, 4) is 0 Å². The van der Waals surface area contributed by atoms with Crippen LogP contribution in [0.15, 0.2) is 94.3 Å². The molecular weight excluding hydrogens is 542 g/mol. The maximum atomic E-state index is 13.7. The Hall–Kier alpha value is -3.17. The Bertz CT molecular complexity index is 1270. The quantitative estimate of drug-likeness (QED) is 0.373. The Balaban J connectivity index is 1.96. The zero-order valence-corrected chi connectivity index (χ0v) is 22.7. The van der Waals surface area contributed by atoms with Crippen molar-refractivity contribution >= 4 is 43.5 Å². The lowest BCUT2D eigenvalue weighted by molar-refractivity contribution is -0.138. The molecule has 36 heavy (non-hydrogen) atoms. The monoisotopic (exact) mass is 571 g/mol. The van der Waals surface area contributed by atoms with Gasteiger partial charge in [-0.25, -0.2) is 8.42 Å². The fourth-order valence-corrected chi connectivity index (χ4v) is 5.59. The van der Waals surface area contributed by atoms with Gasteiger partial charge < -0.3 is 10.2 Å². The molecule has 0 radical (unpaired) electrons. The van der Waals surface area contributed by atoms with Gasteiger partial charge in [-0.1, -0.05) is 70.5 Å². The second-order valence-electron chi connectivity index (χ2n) is 8.20. The largest absolute Gasteiger partial charge is 0.355 e. The van der Waals surface area contributed by atoms with Gasteiger partial charge in [-0.3, -0.25) is 13.9 Å². The molecule has 0 aliphatic carbocycles. The molecule has 0 bridgehead atoms. The van der Waals surface area contributed by atoms with E-state index < -0.39 is 28.5 Å². The van der Waals surface area contributed by atoms with Gasteiger partial charge in [0.15, 0.2) is 0 Å². The number of sulfonamides is 1. The Labute approximate surface area is 221 Å². The molecule has 0 aliphatic rings. The number of amides is 2. The van der Waals surface area contributed by atoms with Gasteiger partial charge in [0.1, 0.15) is 12.6 Å². The summed E-state index contributed by atoms with van der Waals surface area (Å²) in [5.74, 6) is -0.761. The third-order valence-corrected chi connectivity index (χ3v) is 7.99. The molecule has 0 aliphatic heterocycles. The van der Waals surface area contributed by atoms with E-state index in [0.29, 0.717) is 23.1 Å². The van der Waals surface area contributed by atoms with E-state index in [1.807, 2.05) is 37.3 Å². The molecule has 1 atom stereocenters. The molecule has 0 saturated carbocycles. The zero-order valence-electron chi connectivity index (χ0n) is 20.3. The molecule has 0 fully saturated rings. The standard InChI is InChI=1S/C27H30BrN3O4S/c1-3-29-27(33)21(2)30(18-17-22-11-6-4-7-12-22)26(32)20-31(24-14-10-13-23(28)19-24)36(34,35)25-15-8-5-9-16-25/h4-16,19,21H,3,17-18,20H2,1-2H3,(H,29,33)/t21-/m0/s1. The highest BCUT2D eigenvalue weighted by Crippen LogP contribution is 2.26. The van der Waals surface area contributed by atoms with Crippen LogP contribution in [0.4, 0.5) is 5.69 Å². The summed E-state index contributed by atoms with van der Waals surface area (Å²) in [5, 5.41) is 2.76. The molecule has 0 aromatic heterocycles. The number of nitrogens with one attached hydrogen (secondary N) is 1. The van der Waals surface area contributed by atoms with Crippen molar-refractivity contribution in [1.29, 1.82) is 0 Å². The summed E-state index contributed by atoms with van der Waals surface area (Å²) in [6.07, 6.45) is 0.526. The molecule has 0 saturated heterocycles. The number of benzene rings is 3. The van der Waals surface area contributed by atoms with Crippen molar-refractivity contribution in [1.82, 2.24) is 10.2 Å². The summed E-state index contributed by atoms with van der Waals surface area (Å²) in [4.78, 5) is 27.9. The van der Waals surface area contributed by atoms with Crippen molar-refractivity contribution in [2.75, 3.05) is 23.9 Å². The number of rotatable bonds is 11. The van der Waals surface area contributed by atoms with Gasteiger partial charge in [-0.2, -0.15) is 0 Å². The lowest BCUT2D eigenvalue weighted by atomic mass is 10.1. The fraction of sp³-hybridized carbons (Fsp3) is 0.259. The van der Waals surface area contributed by atoms with Crippen LogP contribution in [0.1, 0.15) is 19.4 Å². The van der Waals surface area contributed by atoms with Crippen molar-refractivity contribution in [2.24, 2.45) is 0 Å². The van der Waals surface area contributed by atoms with E-state index >= 15 is 0 Å². The average molecular weight is 573 g/mol. The molecule has 190 valence electrons. The lowest BCUT2D eigenvalue weighted by Crippen LogP contribution is -2.52. The summed E-state index contributed by atoms with van der Waals surface area (Å²) in [5.41, 5.74) is 1.36. The van der Waals surface area contributed by atoms with E-state index in [4.69, 9.17) is 0 Å². The molecule has 2 amide bonds. The molecule has 3 rings (SSSR count). The van der Waals surface area contributed by atoms with Crippen molar-refractivity contribution in [3.05, 3.63) is 95.0 Å². The molecule has 3 aromatic carbocycles. The Morgan fingerprint density at radius 1 is 0.944 bits per heavy atom. The number of halogens is 1. The van der Waals surface area contributed by atoms with Gasteiger partial charge in [0.25, 0.3) is 10.0 Å². The van der Waals surface area contributed by atoms with Crippen LogP contribution in [0.2, 0.25) is 0 Å². The van der Waals surface area contributed by atoms with Crippen LogP contribution < -0.4 is 9.62 Å². The van der Waals surface area contributed by atoms with E-state index in [9.17, 15) is 18.0 Å². The minimum absolute atomic E-state index is 0.0744. The lowest BCUT2D eigenvalue weighted by Gasteiger charge is -2.32. The van der Waals surface area contributed by atoms with Crippen LogP contribution in [0.25, 0.3) is 0 Å². The maximum absolute atomic E-state index is 13.7. The van der Waals surface area contributed by atoms with Gasteiger partial charge in [0, 0.05) is 17.6 Å². The number of hydrogen-bond donors (Lipinski definition) is 1. The molecule has 0 unspecified atom stereocenters. The fourth-order valence-electron chi connectivity index (χ4n) is 3.77. The normalized spacial score (nSPS) is 12.0. The highest BCUT2D eigenvalue weighted by molar-refractivity contribution is 9.10. The minimum atomic E-state index is -4.06. The number of hydrogen-bond acceptors (Lipinski definition) is 4. The van der Waals surface area contributed by atoms with Gasteiger partial charge >= 0.3 is 0 Å². The minimum Gasteiger partial charge on any atom is -0.355 e. The molecular formula is C27H30BrN3O4S. The average Bonchev–Trinajstić information content (AvgIpc) is 2.88. The van der Waals surface area contributed by atoms with Gasteiger partial charge in [0.05, 0.1) is 10.6 Å². The van der Waals surface area contributed by atoms with Crippen molar-refractivity contribution in [3.63, 3.8) is 0 Å². The van der Waals surface area contributed by atoms with E-state index in [-0.39, 0.29) is 17.3 Å². The summed E-state index contributed by atoms with van der Waals surface area (Å²) in [6.45, 7) is 3.70. The van der Waals surface area contributed by atoms with E-state index in [1.165, 1.54) is 17.0 Å². The first kappa shape index (κ1) is 27.4. The number of anilines is 1. The van der Waals surface area contributed by atoms with Crippen LogP contribution >= 0.6 is 15.9 Å². The van der Waals surface area contributed by atoms with Gasteiger partial charge in [0.2, 0.25) is 11.8 Å². The molecule has 9 heteroatoms. The SMILES string of the molecule is CCNC(=O)[C@H](C)N(CCc1ccccc1)C(=O)CN(c1cccc(Br)c1)S(=O)(=O)c1ccccc1. The molecule has 7 nitrogen and oxygen atoms in total. The first-order valence-corrected chi connectivity index (χ1v) is 13.9. The van der Waals surface area contributed by atoms with Gasteiger partial charge in [-0.15, -0.1) is 0 Å². The first-order chi connectivity index (χ1) is 17.2. The Kier molecular flexibility index (Phi) is 9.66. The van der Waals surface area contributed by atoms with Crippen molar-refractivity contribution < 1.29 is 18.0 Å². The second-order valence-corrected chi connectivity index (χ2v) is 11.0. The number of likely N-dealkylation sites (N-methyl/N-ethyl adjacent to an activating group) is 1. The van der Waals surface area contributed by atoms with Crippen LogP contribution in [0, 0.1) is 0 Å². The third kappa shape index (κ3) is 6.95. The smallest absolute Gasteiger partial charge is 0.264 e. The van der Waals surface area contributed by atoms with Crippen LogP contribution in [0.3, 0.4) is 0 Å². The Morgan fingerprint density at radius 3 is 2.19 bits per heavy atom. The van der Waals surface area contributed by atoms with E-state index in [1.54, 1.807) is 49.4 Å². The summed E-state index contributed by atoms with van der Waals surface area (Å²) >= 11 is 3.39. The third-order valence-electron chi connectivity index (χ3n) is 5.71. The second kappa shape index (κ2) is 12.7. The topological polar surface area (TPSA) is 86.8 Å². The molecule has 0 spiro atoms. The number of carbonyl (C=O) groups is 2. The predicted octanol–water partition coefficient (Wildman–Crippen LogP) is 4.24. The van der Waals surface area contributed by atoms with Crippen LogP contribution in [-0.4, -0.2) is 50.8 Å². The summed E-state index contributed by atoms with van der Waals surface area (Å²) in [7, 11) is -4.06. The predicted molar refractivity (Wildman–Crippen MR) is 145 cm³/mol. The Morgan fingerprint density at radius 2 is 1.58 bits per heavy atom. The van der Waals surface area contributed by atoms with Crippen molar-refractivity contribution in [2.45, 2.75) is 31.2 Å². The first-order valence-electron chi connectivity index (χ1n) is 11.7. The zero-order chi connectivity index (χ0) is 26.1. The summed E-state index contributed by atoms with van der Waals surface area (Å²) in [6, 6.07) is 23.6. The van der Waals surface area contributed by atoms with E-state index in [2.05, 4.69) is 21.2 Å². The molecule has 1 N–H and O–H groups in total. The molecule has 0 heterocycles. The number of carbonyl (C=O) groups excluding carboxylic acids is 2. The summed E-state index contributed by atoms with van der Waals surface area (Å²) < 4.78 is 29.1. The van der Waals surface area contributed by atoms with Crippen LogP contribution in [0.5, 0.6) is 0 Å². The highest BCUT2D eigenvalue weighted by atomic mass is 79.9. The highest BCUT2D eigenvalue weighted by Gasteiger charge is 2.32. The van der Waals surface area contributed by atoms with Crippen LogP contribution in [-0.2, 0) is 26.0 Å². The van der Waals surface area contributed by atoms with E-state index in [0.717, 1.165) is 9.87 Å². The molecule has 3 aromatic rings. The number of nitrogens with zero attached hydrogens (tertiary/aromatic N) is 2.